The number of carbonyl (C=O) groups excluding carboxylic acids is 6. The molecule has 76 heavy (non-hydrogen) atoms. The van der Waals surface area contributed by atoms with Crippen molar-refractivity contribution >= 4 is 70.6 Å². The normalized spacial score (nSPS) is 18.5. The quantitative estimate of drug-likeness (QED) is 0.0600. The number of carbonyl (C=O) groups is 6. The molecular weight excluding hydrogens is 973 g/mol. The molecule has 0 spiro atoms. The van der Waals surface area contributed by atoms with Crippen LogP contribution in [0.25, 0.3) is 0 Å². The van der Waals surface area contributed by atoms with Crippen molar-refractivity contribution in [3.05, 3.63) is 124 Å². The molecule has 10 rings (SSSR count). The third-order valence-electron chi connectivity index (χ3n) is 14.2. The number of hydrogen-bond donors (Lipinski definition) is 6. The van der Waals surface area contributed by atoms with E-state index in [9.17, 15) is 28.8 Å². The lowest BCUT2D eigenvalue weighted by atomic mass is 9.82. The maximum absolute atomic E-state index is 13.9. The van der Waals surface area contributed by atoms with E-state index in [1.54, 1.807) is 47.5 Å². The van der Waals surface area contributed by atoms with Crippen molar-refractivity contribution in [2.45, 2.75) is 70.7 Å². The van der Waals surface area contributed by atoms with Crippen molar-refractivity contribution in [2.75, 3.05) is 67.4 Å². The first-order valence-corrected chi connectivity index (χ1v) is 25.5. The number of benzene rings is 5. The van der Waals surface area contributed by atoms with Crippen LogP contribution in [-0.2, 0) is 45.2 Å². The number of aliphatic hydroxyl groups excluding tert-OH is 1. The summed E-state index contributed by atoms with van der Waals surface area (Å²) in [6, 6.07) is 27.8. The number of ether oxygens (including phenoxy) is 4. The Morgan fingerprint density at radius 3 is 2.03 bits per heavy atom. The van der Waals surface area contributed by atoms with E-state index in [-0.39, 0.29) is 74.5 Å². The van der Waals surface area contributed by atoms with Crippen LogP contribution in [-0.4, -0.2) is 106 Å². The number of aliphatic hydroxyl groups is 1. The lowest BCUT2D eigenvalue weighted by molar-refractivity contribution is -0.129. The SMILES string of the molecule is CCNC(=O)CNC(=O)C1CCC(CO)CC1.COc1cc2c(cc1OCc1cc(COc3cc4c(cc3OC)C(=O)N3c5ccccc5CC3CN4)cc(NC(=O)CNC=O)c1)N=C[C@@H]1Cc3ccccc3N1C2=O. The Hall–Kier alpha value is -8.45. The first kappa shape index (κ1) is 52.4. The van der Waals surface area contributed by atoms with Crippen molar-refractivity contribution in [3.8, 4) is 23.0 Å². The summed E-state index contributed by atoms with van der Waals surface area (Å²) in [7, 11) is 3.03. The molecule has 1 saturated carbocycles. The summed E-state index contributed by atoms with van der Waals surface area (Å²) < 4.78 is 24.1. The second-order valence-corrected chi connectivity index (χ2v) is 19.2. The second-order valence-electron chi connectivity index (χ2n) is 19.2. The van der Waals surface area contributed by atoms with Crippen LogP contribution in [0, 0.1) is 11.8 Å². The monoisotopic (exact) mass is 1030 g/mol. The summed E-state index contributed by atoms with van der Waals surface area (Å²) in [5, 5.41) is 22.9. The zero-order valence-electron chi connectivity index (χ0n) is 42.7. The Morgan fingerprint density at radius 2 is 1.37 bits per heavy atom. The number of likely N-dealkylation sites (N-methyl/N-ethyl adjacent to an activating group) is 1. The Labute approximate surface area is 440 Å². The van der Waals surface area contributed by atoms with Gasteiger partial charge in [0.05, 0.1) is 61.9 Å². The lowest BCUT2D eigenvalue weighted by Gasteiger charge is -2.26. The van der Waals surface area contributed by atoms with E-state index in [0.717, 1.165) is 54.6 Å². The van der Waals surface area contributed by atoms with E-state index in [0.29, 0.717) is 94.2 Å². The number of para-hydroxylation sites is 2. The maximum atomic E-state index is 13.9. The molecule has 1 aliphatic carbocycles. The molecular formula is C57H62N8O11. The highest BCUT2D eigenvalue weighted by Crippen LogP contribution is 2.43. The minimum absolute atomic E-state index is 0.00669. The van der Waals surface area contributed by atoms with Gasteiger partial charge >= 0.3 is 0 Å². The van der Waals surface area contributed by atoms with Crippen LogP contribution in [0.3, 0.4) is 0 Å². The number of rotatable bonds is 17. The molecule has 5 aromatic carbocycles. The van der Waals surface area contributed by atoms with Crippen molar-refractivity contribution in [1.82, 2.24) is 16.0 Å². The van der Waals surface area contributed by atoms with Crippen LogP contribution in [0.15, 0.2) is 96.0 Å². The molecule has 19 heteroatoms. The highest BCUT2D eigenvalue weighted by Gasteiger charge is 2.39. The van der Waals surface area contributed by atoms with Crippen LogP contribution in [0.4, 0.5) is 28.4 Å². The molecule has 2 atom stereocenters. The summed E-state index contributed by atoms with van der Waals surface area (Å²) in [6.07, 6.45) is 7.11. The predicted octanol–water partition coefficient (Wildman–Crippen LogP) is 5.87. The van der Waals surface area contributed by atoms with Gasteiger partial charge in [-0.15, -0.1) is 0 Å². The Bertz CT molecular complexity index is 3050. The number of amides is 6. The molecule has 1 unspecified atom stereocenters. The summed E-state index contributed by atoms with van der Waals surface area (Å²) >= 11 is 0. The summed E-state index contributed by atoms with van der Waals surface area (Å²) in [5.74, 6) is 1.01. The Morgan fingerprint density at radius 1 is 0.737 bits per heavy atom. The molecule has 396 valence electrons. The molecule has 5 aliphatic rings. The molecule has 6 N–H and O–H groups in total. The predicted molar refractivity (Wildman–Crippen MR) is 286 cm³/mol. The molecule has 0 saturated heterocycles. The topological polar surface area (TPSA) is 239 Å². The molecule has 0 radical (unpaired) electrons. The van der Waals surface area contributed by atoms with E-state index in [1.165, 1.54) is 14.2 Å². The van der Waals surface area contributed by atoms with E-state index < -0.39 is 5.91 Å². The van der Waals surface area contributed by atoms with Crippen LogP contribution in [0.1, 0.15) is 75.6 Å². The number of fused-ring (bicyclic) bond motifs is 8. The van der Waals surface area contributed by atoms with Crippen molar-refractivity contribution in [1.29, 1.82) is 0 Å². The van der Waals surface area contributed by atoms with Crippen LogP contribution >= 0.6 is 0 Å². The van der Waals surface area contributed by atoms with E-state index >= 15 is 0 Å². The third kappa shape index (κ3) is 11.6. The number of nitrogens with one attached hydrogen (secondary N) is 5. The summed E-state index contributed by atoms with van der Waals surface area (Å²) in [5.41, 5.74) is 7.83. The van der Waals surface area contributed by atoms with Crippen LogP contribution in [0.5, 0.6) is 23.0 Å². The average Bonchev–Trinajstić information content (AvgIpc) is 3.97. The highest BCUT2D eigenvalue weighted by molar-refractivity contribution is 6.15. The zero-order chi connectivity index (χ0) is 53.3. The number of anilines is 4. The van der Waals surface area contributed by atoms with Crippen LogP contribution < -0.4 is 55.3 Å². The summed E-state index contributed by atoms with van der Waals surface area (Å²) in [4.78, 5) is 82.7. The van der Waals surface area contributed by atoms with Gasteiger partial charge < -0.3 is 55.5 Å². The van der Waals surface area contributed by atoms with E-state index in [4.69, 9.17) is 29.0 Å². The minimum Gasteiger partial charge on any atom is -0.493 e. The van der Waals surface area contributed by atoms with Crippen molar-refractivity contribution in [3.63, 3.8) is 0 Å². The fourth-order valence-electron chi connectivity index (χ4n) is 10.4. The number of aliphatic imine (C=N–C) groups is 1. The van der Waals surface area contributed by atoms with Gasteiger partial charge in [0.25, 0.3) is 11.8 Å². The fourth-order valence-corrected chi connectivity index (χ4v) is 10.4. The number of methoxy groups -OCH3 is 2. The Balaban J connectivity index is 0.000000355. The number of hydrogen-bond acceptors (Lipinski definition) is 13. The van der Waals surface area contributed by atoms with Gasteiger partial charge in [-0.05, 0) is 110 Å². The first-order valence-electron chi connectivity index (χ1n) is 25.5. The minimum atomic E-state index is -0.425. The standard InChI is InChI=1S/C45H40N6O8.C12H22N2O3/c1-56-39-16-33-35(47-20-31-14-28-7-3-5-9-37(28)50(31)44(33)54)18-41(39)58-23-26-11-27(13-30(12-26)49-43(53)22-46-25-52)24-59-42-19-36-34(17-40(42)57-2)45(55)51-32(21-48-36)15-29-8-4-6-10-38(29)51;1-2-13-11(16)7-14-12(17)10-5-3-9(8-15)4-6-10/h3-13,16-20,25,31-32,48H,14-15,21-24H2,1-2H3,(H,46,52)(H,49,53);9-10,15H,2-8H2,1H3,(H,13,16)(H,14,17)/t31-,32?;/m0./s1. The van der Waals surface area contributed by atoms with Gasteiger partial charge in [0, 0.05) is 67.4 Å². The molecule has 4 heterocycles. The smallest absolute Gasteiger partial charge is 0.261 e. The maximum Gasteiger partial charge on any atom is 0.261 e. The summed E-state index contributed by atoms with van der Waals surface area (Å²) in [6.45, 7) is 3.16. The fraction of sp³-hybridized carbons (Fsp3) is 0.351. The van der Waals surface area contributed by atoms with Crippen LogP contribution in [0.2, 0.25) is 0 Å². The highest BCUT2D eigenvalue weighted by atomic mass is 16.5. The van der Waals surface area contributed by atoms with Gasteiger partial charge in [0.1, 0.15) is 13.2 Å². The molecule has 19 nitrogen and oxygen atoms in total. The lowest BCUT2D eigenvalue weighted by Crippen LogP contribution is -2.40. The molecule has 4 aliphatic heterocycles. The molecule has 0 aromatic heterocycles. The zero-order valence-corrected chi connectivity index (χ0v) is 42.7. The molecule has 1 fully saturated rings. The molecule has 6 amide bonds. The Kier molecular flexibility index (Phi) is 16.4. The average molecular weight is 1040 g/mol. The molecule has 5 aromatic rings. The van der Waals surface area contributed by atoms with Crippen molar-refractivity contribution in [2.24, 2.45) is 16.8 Å². The number of nitrogens with zero attached hydrogens (tertiary/aromatic N) is 3. The van der Waals surface area contributed by atoms with Gasteiger partial charge in [-0.25, -0.2) is 0 Å². The largest absolute Gasteiger partial charge is 0.493 e. The second kappa shape index (κ2) is 23.8. The third-order valence-corrected chi connectivity index (χ3v) is 14.2. The van der Waals surface area contributed by atoms with Gasteiger partial charge in [0.15, 0.2) is 23.0 Å². The van der Waals surface area contributed by atoms with Gasteiger partial charge in [-0.3, -0.25) is 38.7 Å². The molecule has 0 bridgehead atoms. The first-order chi connectivity index (χ1) is 37.0. The van der Waals surface area contributed by atoms with E-state index in [1.807, 2.05) is 60.4 Å². The van der Waals surface area contributed by atoms with Crippen molar-refractivity contribution < 1.29 is 52.8 Å². The van der Waals surface area contributed by atoms with E-state index in [2.05, 4.69) is 32.7 Å². The van der Waals surface area contributed by atoms with Gasteiger partial charge in [0.2, 0.25) is 24.1 Å². The van der Waals surface area contributed by atoms with Gasteiger partial charge in [-0.1, -0.05) is 36.4 Å². The van der Waals surface area contributed by atoms with Gasteiger partial charge in [-0.2, -0.15) is 0 Å².